The molecule has 0 aromatic carbocycles. The van der Waals surface area contributed by atoms with Crippen LogP contribution in [0.15, 0.2) is 16.9 Å². The van der Waals surface area contributed by atoms with Gasteiger partial charge in [0.25, 0.3) is 0 Å². The molecule has 0 N–H and O–H groups in total. The summed E-state index contributed by atoms with van der Waals surface area (Å²) in [6, 6.07) is 1.87. The van der Waals surface area contributed by atoms with Gasteiger partial charge in [-0.15, -0.1) is 5.10 Å². The zero-order chi connectivity index (χ0) is 5.98. The van der Waals surface area contributed by atoms with Gasteiger partial charge in [0.1, 0.15) is 6.07 Å². The molecule has 1 rings (SSSR count). The van der Waals surface area contributed by atoms with Gasteiger partial charge in [-0.2, -0.15) is 10.7 Å². The van der Waals surface area contributed by atoms with Crippen molar-refractivity contribution in [1.29, 1.82) is 5.26 Å². The van der Waals surface area contributed by atoms with Crippen molar-refractivity contribution < 1.29 is 0 Å². The molecule has 0 aromatic rings. The average molecular weight is 106 g/mol. The lowest BCUT2D eigenvalue weighted by Gasteiger charge is -1.78. The second-order valence-electron chi connectivity index (χ2n) is 1.48. The molecule has 8 heavy (non-hydrogen) atoms. The van der Waals surface area contributed by atoms with E-state index in [9.17, 15) is 0 Å². The molecule has 0 atom stereocenters. The van der Waals surface area contributed by atoms with Crippen molar-refractivity contribution in [3.05, 3.63) is 11.8 Å². The molecule has 0 amide bonds. The first-order chi connectivity index (χ1) is 3.83. The predicted molar refractivity (Wildman–Crippen MR) is 28.9 cm³/mol. The highest BCUT2D eigenvalue weighted by atomic mass is 15.3. The third-order valence-corrected chi connectivity index (χ3v) is 0.776. The van der Waals surface area contributed by atoms with Crippen LogP contribution in [-0.2, 0) is 0 Å². The van der Waals surface area contributed by atoms with Gasteiger partial charge >= 0.3 is 0 Å². The zero-order valence-corrected chi connectivity index (χ0v) is 4.42. The van der Waals surface area contributed by atoms with E-state index in [1.807, 2.05) is 6.07 Å². The number of hydrogen-bond donors (Lipinski definition) is 0. The van der Waals surface area contributed by atoms with Crippen LogP contribution in [0.5, 0.6) is 0 Å². The second-order valence-corrected chi connectivity index (χ2v) is 1.48. The number of rotatable bonds is 0. The molecule has 3 heteroatoms. The van der Waals surface area contributed by atoms with E-state index in [1.54, 1.807) is 13.0 Å². The Hall–Kier alpha value is -1.30. The van der Waals surface area contributed by atoms with Gasteiger partial charge in [0, 0.05) is 0 Å². The van der Waals surface area contributed by atoms with Gasteiger partial charge in [-0.1, -0.05) is 0 Å². The maximum Gasteiger partial charge on any atom is 0.164 e. The van der Waals surface area contributed by atoms with Crippen molar-refractivity contribution in [2.24, 2.45) is 5.10 Å². The van der Waals surface area contributed by atoms with Gasteiger partial charge in [-0.3, -0.25) is 0 Å². The van der Waals surface area contributed by atoms with E-state index in [2.05, 4.69) is 10.5 Å². The summed E-state index contributed by atoms with van der Waals surface area (Å²) in [5, 5.41) is 11.7. The molecule has 1 heterocycles. The fourth-order valence-corrected chi connectivity index (χ4v) is 0.443. The van der Waals surface area contributed by atoms with E-state index in [1.165, 1.54) is 0 Å². The first kappa shape index (κ1) is 4.85. The van der Waals surface area contributed by atoms with Crippen LogP contribution in [0.1, 0.15) is 6.92 Å². The van der Waals surface area contributed by atoms with E-state index in [0.29, 0.717) is 5.71 Å². The van der Waals surface area contributed by atoms with Crippen LogP contribution in [-0.4, -0.2) is 5.71 Å². The second kappa shape index (κ2) is 1.66. The lowest BCUT2D eigenvalue weighted by Crippen LogP contribution is -1.83. The largest absolute Gasteiger partial charge is 0.191 e. The van der Waals surface area contributed by atoms with Crippen molar-refractivity contribution >= 4 is 5.71 Å². The highest BCUT2D eigenvalue weighted by Gasteiger charge is 2.02. The SMILES string of the molecule is CC1=CC(C#N)=N[N]1. The highest BCUT2D eigenvalue weighted by Crippen LogP contribution is 1.97. The van der Waals surface area contributed by atoms with Gasteiger partial charge < -0.3 is 0 Å². The van der Waals surface area contributed by atoms with Crippen molar-refractivity contribution in [2.45, 2.75) is 6.92 Å². The molecular weight excluding hydrogens is 102 g/mol. The number of nitrogens with zero attached hydrogens (tertiary/aromatic N) is 3. The Morgan fingerprint density at radius 2 is 2.50 bits per heavy atom. The summed E-state index contributed by atoms with van der Waals surface area (Å²) in [5.74, 6) is 0. The summed E-state index contributed by atoms with van der Waals surface area (Å²) in [5.41, 5.74) is 4.80. The third kappa shape index (κ3) is 0.684. The molecule has 0 spiro atoms. The molecule has 0 unspecified atom stereocenters. The Morgan fingerprint density at radius 1 is 1.75 bits per heavy atom. The molecule has 0 saturated carbocycles. The standard InChI is InChI=1S/C5H4N3/c1-4-2-5(3-6)8-7-4/h2H,1H3. The maximum absolute atomic E-state index is 8.20. The smallest absolute Gasteiger partial charge is 0.164 e. The quantitative estimate of drug-likeness (QED) is 0.440. The first-order valence-electron chi connectivity index (χ1n) is 2.20. The Labute approximate surface area is 47.3 Å². The summed E-state index contributed by atoms with van der Waals surface area (Å²) in [7, 11) is 0. The van der Waals surface area contributed by atoms with E-state index in [4.69, 9.17) is 5.26 Å². The summed E-state index contributed by atoms with van der Waals surface area (Å²) in [4.78, 5) is 0. The van der Waals surface area contributed by atoms with Gasteiger partial charge in [0.2, 0.25) is 0 Å². The van der Waals surface area contributed by atoms with Crippen LogP contribution in [0.25, 0.3) is 0 Å². The van der Waals surface area contributed by atoms with Crippen LogP contribution in [0, 0.1) is 11.3 Å². The Morgan fingerprint density at radius 3 is 2.75 bits per heavy atom. The summed E-state index contributed by atoms with van der Waals surface area (Å²) in [6.07, 6.45) is 1.64. The molecule has 1 aliphatic rings. The third-order valence-electron chi connectivity index (χ3n) is 0.776. The molecule has 3 nitrogen and oxygen atoms in total. The zero-order valence-electron chi connectivity index (χ0n) is 4.42. The van der Waals surface area contributed by atoms with E-state index in [-0.39, 0.29) is 0 Å². The lowest BCUT2D eigenvalue weighted by atomic mass is 10.3. The molecule has 0 bridgehead atoms. The van der Waals surface area contributed by atoms with Gasteiger partial charge in [0.15, 0.2) is 5.71 Å². The molecule has 0 fully saturated rings. The highest BCUT2D eigenvalue weighted by molar-refractivity contribution is 6.08. The topological polar surface area (TPSA) is 50.2 Å². The summed E-state index contributed by atoms with van der Waals surface area (Å²) >= 11 is 0. The predicted octanol–water partition coefficient (Wildman–Crippen LogP) is 0.388. The fourth-order valence-electron chi connectivity index (χ4n) is 0.443. The van der Waals surface area contributed by atoms with E-state index >= 15 is 0 Å². The summed E-state index contributed by atoms with van der Waals surface area (Å²) < 4.78 is 0. The van der Waals surface area contributed by atoms with Gasteiger partial charge in [-0.05, 0) is 13.0 Å². The minimum atomic E-state index is 0.391. The Balaban J connectivity index is 2.77. The van der Waals surface area contributed by atoms with Gasteiger partial charge in [0.05, 0.1) is 5.70 Å². The van der Waals surface area contributed by atoms with Crippen molar-refractivity contribution in [3.8, 4) is 6.07 Å². The normalized spacial score (nSPS) is 16.0. The lowest BCUT2D eigenvalue weighted by molar-refractivity contribution is 0.896. The Kier molecular flexibility index (Phi) is 1.01. The first-order valence-corrected chi connectivity index (χ1v) is 2.20. The number of nitriles is 1. The summed E-state index contributed by atoms with van der Waals surface area (Å²) in [6.45, 7) is 1.80. The molecular formula is C5H4N3. The van der Waals surface area contributed by atoms with E-state index in [0.717, 1.165) is 5.70 Å². The van der Waals surface area contributed by atoms with Crippen molar-refractivity contribution in [3.63, 3.8) is 0 Å². The molecule has 0 aromatic heterocycles. The maximum atomic E-state index is 8.20. The van der Waals surface area contributed by atoms with Crippen LogP contribution >= 0.6 is 0 Å². The Bertz CT molecular complexity index is 194. The molecule has 1 radical (unpaired) electrons. The van der Waals surface area contributed by atoms with Crippen LogP contribution in [0.4, 0.5) is 0 Å². The van der Waals surface area contributed by atoms with Crippen molar-refractivity contribution in [1.82, 2.24) is 5.43 Å². The van der Waals surface area contributed by atoms with Gasteiger partial charge in [-0.25, -0.2) is 0 Å². The minimum Gasteiger partial charge on any atom is -0.191 e. The molecule has 0 saturated heterocycles. The van der Waals surface area contributed by atoms with Crippen LogP contribution in [0.2, 0.25) is 0 Å². The molecule has 1 aliphatic heterocycles. The van der Waals surface area contributed by atoms with Crippen LogP contribution < -0.4 is 5.43 Å². The van der Waals surface area contributed by atoms with Crippen LogP contribution in [0.3, 0.4) is 0 Å². The minimum absolute atomic E-state index is 0.391. The average Bonchev–Trinajstić information content (AvgIpc) is 2.14. The monoisotopic (exact) mass is 106 g/mol. The van der Waals surface area contributed by atoms with E-state index < -0.39 is 0 Å². The molecule has 39 valence electrons. The number of hydrogen-bond acceptors (Lipinski definition) is 2. The number of allylic oxidation sites excluding steroid dienone is 2. The van der Waals surface area contributed by atoms with Crippen molar-refractivity contribution in [2.75, 3.05) is 0 Å². The fraction of sp³-hybridized carbons (Fsp3) is 0.200. The molecule has 0 aliphatic carbocycles.